The van der Waals surface area contributed by atoms with Crippen molar-refractivity contribution in [2.24, 2.45) is 11.7 Å². The largest absolute Gasteiger partial charge is 0.494 e. The maximum atomic E-state index is 14.3. The molecule has 0 bridgehead atoms. The Balaban J connectivity index is 0.00000118. The number of aryl methyl sites for hydroxylation is 1. The van der Waals surface area contributed by atoms with Gasteiger partial charge in [0.1, 0.15) is 27.7 Å². The van der Waals surface area contributed by atoms with Gasteiger partial charge < -0.3 is 20.5 Å². The molecule has 4 aromatic rings. The standard InChI is InChI=1S/C30H27Cl2FN4O3.CH3NO/c1-14-13-40-28-20(14)11-23(37-27(28)19-6-7-34-29(33)25(19)32)21(16-4-5-16)12-35-30(38)18-8-17-9-22(31)15(2)36-26(17)24(10-18)39-3;2-1-3/h6-11,14,16,21H,4-5,12-13H2,1-3H3,(H,35,38);1H,(H2,2,3). The Morgan fingerprint density at radius 3 is 2.70 bits per heavy atom. The first-order valence-electron chi connectivity index (χ1n) is 13.7. The highest BCUT2D eigenvalue weighted by Crippen LogP contribution is 2.47. The molecule has 0 spiro atoms. The number of hydrogen-bond donors (Lipinski definition) is 2. The second-order valence-electron chi connectivity index (χ2n) is 10.6. The topological polar surface area (TPSA) is 129 Å². The van der Waals surface area contributed by atoms with Crippen molar-refractivity contribution in [3.63, 3.8) is 0 Å². The molecule has 3 N–H and O–H groups in total. The van der Waals surface area contributed by atoms with Gasteiger partial charge in [0.15, 0.2) is 0 Å². The zero-order valence-electron chi connectivity index (χ0n) is 23.8. The molecule has 2 atom stereocenters. The molecule has 2 unspecified atom stereocenters. The summed E-state index contributed by atoms with van der Waals surface area (Å²) >= 11 is 12.6. The first kappa shape index (κ1) is 30.4. The lowest BCUT2D eigenvalue weighted by Crippen LogP contribution is -2.29. The molecule has 224 valence electrons. The van der Waals surface area contributed by atoms with Crippen LogP contribution in [-0.4, -0.2) is 47.5 Å². The fraction of sp³-hybridized carbons (Fsp3) is 0.323. The molecular weight excluding hydrogens is 596 g/mol. The van der Waals surface area contributed by atoms with Crippen molar-refractivity contribution < 1.29 is 23.5 Å². The zero-order chi connectivity index (χ0) is 30.8. The number of nitrogens with one attached hydrogen (secondary N) is 1. The van der Waals surface area contributed by atoms with Gasteiger partial charge in [0, 0.05) is 52.3 Å². The van der Waals surface area contributed by atoms with E-state index in [1.54, 1.807) is 31.4 Å². The van der Waals surface area contributed by atoms with Gasteiger partial charge >= 0.3 is 0 Å². The molecule has 6 rings (SSSR count). The number of halogens is 3. The molecule has 9 nitrogen and oxygen atoms in total. The number of primary amides is 1. The summed E-state index contributed by atoms with van der Waals surface area (Å²) < 4.78 is 25.8. The van der Waals surface area contributed by atoms with Gasteiger partial charge in [-0.3, -0.25) is 9.59 Å². The molecule has 12 heteroatoms. The quantitative estimate of drug-likeness (QED) is 0.191. The average Bonchev–Trinajstić information content (AvgIpc) is 3.76. The van der Waals surface area contributed by atoms with Crippen LogP contribution in [0.2, 0.25) is 10.0 Å². The SMILES string of the molecule is COc1cc(C(=O)NCC(c2cc3c(c(-c4ccnc(F)c4Cl)n2)OCC3C)C2CC2)cc2cc(Cl)c(C)nc12.NC=O. The molecule has 0 radical (unpaired) electrons. The molecule has 1 aliphatic carbocycles. The van der Waals surface area contributed by atoms with E-state index in [0.717, 1.165) is 29.5 Å². The molecule has 4 heterocycles. The second-order valence-corrected chi connectivity index (χ2v) is 11.4. The van der Waals surface area contributed by atoms with Crippen molar-refractivity contribution in [1.29, 1.82) is 0 Å². The number of hydrogen-bond acceptors (Lipinski definition) is 7. The van der Waals surface area contributed by atoms with Crippen LogP contribution >= 0.6 is 23.2 Å². The smallest absolute Gasteiger partial charge is 0.251 e. The number of amides is 2. The molecule has 1 aromatic carbocycles. The number of nitrogens with two attached hydrogens (primary N) is 1. The third-order valence-corrected chi connectivity index (χ3v) is 8.42. The monoisotopic (exact) mass is 625 g/mol. The number of benzene rings is 1. The van der Waals surface area contributed by atoms with Crippen LogP contribution in [0.1, 0.15) is 58.9 Å². The minimum atomic E-state index is -0.755. The molecule has 2 aliphatic rings. The van der Waals surface area contributed by atoms with E-state index in [-0.39, 0.29) is 29.2 Å². The van der Waals surface area contributed by atoms with Gasteiger partial charge in [0.25, 0.3) is 5.91 Å². The van der Waals surface area contributed by atoms with Crippen molar-refractivity contribution in [2.45, 2.75) is 38.5 Å². The molecule has 1 saturated carbocycles. The minimum Gasteiger partial charge on any atom is -0.494 e. The van der Waals surface area contributed by atoms with E-state index in [1.807, 2.05) is 6.92 Å². The summed E-state index contributed by atoms with van der Waals surface area (Å²) in [4.78, 5) is 35.1. The summed E-state index contributed by atoms with van der Waals surface area (Å²) in [7, 11) is 1.55. The van der Waals surface area contributed by atoms with Crippen molar-refractivity contribution in [3.8, 4) is 22.8 Å². The fourth-order valence-electron chi connectivity index (χ4n) is 5.29. The normalized spacial score (nSPS) is 16.0. The van der Waals surface area contributed by atoms with Gasteiger partial charge in [-0.1, -0.05) is 30.1 Å². The predicted octanol–water partition coefficient (Wildman–Crippen LogP) is 5.98. The number of pyridine rings is 3. The van der Waals surface area contributed by atoms with Gasteiger partial charge in [-0.05, 0) is 56.0 Å². The number of fused-ring (bicyclic) bond motifs is 2. The maximum Gasteiger partial charge on any atom is 0.251 e. The Hall–Kier alpha value is -4.02. The van der Waals surface area contributed by atoms with E-state index in [2.05, 4.69) is 34.0 Å². The molecule has 1 fully saturated rings. The van der Waals surface area contributed by atoms with Crippen LogP contribution in [0, 0.1) is 18.8 Å². The van der Waals surface area contributed by atoms with Crippen molar-refractivity contribution in [1.82, 2.24) is 20.3 Å². The molecule has 1 aliphatic heterocycles. The van der Waals surface area contributed by atoms with Crippen LogP contribution in [0.4, 0.5) is 4.39 Å². The summed E-state index contributed by atoms with van der Waals surface area (Å²) in [6.07, 6.45) is 3.70. The van der Waals surface area contributed by atoms with Gasteiger partial charge in [-0.25, -0.2) is 15.0 Å². The highest BCUT2D eigenvalue weighted by Gasteiger charge is 2.36. The van der Waals surface area contributed by atoms with Crippen LogP contribution in [-0.2, 0) is 4.79 Å². The molecule has 3 aromatic heterocycles. The van der Waals surface area contributed by atoms with E-state index in [9.17, 15) is 9.18 Å². The maximum absolute atomic E-state index is 14.3. The lowest BCUT2D eigenvalue weighted by Gasteiger charge is -2.20. The Labute approximate surface area is 257 Å². The Kier molecular flexibility index (Phi) is 8.98. The van der Waals surface area contributed by atoms with E-state index in [0.29, 0.717) is 63.6 Å². The van der Waals surface area contributed by atoms with Crippen LogP contribution in [0.25, 0.3) is 22.2 Å². The minimum absolute atomic E-state index is 0.0348. The highest BCUT2D eigenvalue weighted by molar-refractivity contribution is 6.33. The van der Waals surface area contributed by atoms with E-state index in [1.165, 1.54) is 6.20 Å². The molecule has 2 amide bonds. The first-order chi connectivity index (χ1) is 20.7. The Morgan fingerprint density at radius 1 is 1.26 bits per heavy atom. The van der Waals surface area contributed by atoms with Crippen molar-refractivity contribution in [3.05, 3.63) is 75.0 Å². The van der Waals surface area contributed by atoms with E-state index in [4.69, 9.17) is 42.5 Å². The highest BCUT2D eigenvalue weighted by atomic mass is 35.5. The van der Waals surface area contributed by atoms with Crippen molar-refractivity contribution >= 4 is 46.4 Å². The van der Waals surface area contributed by atoms with Crippen LogP contribution in [0.15, 0.2) is 36.5 Å². The number of aromatic nitrogens is 3. The second kappa shape index (κ2) is 12.7. The summed E-state index contributed by atoms with van der Waals surface area (Å²) in [6.45, 7) is 4.80. The summed E-state index contributed by atoms with van der Waals surface area (Å²) in [6, 6.07) is 8.95. The number of ether oxygens (including phenoxy) is 2. The van der Waals surface area contributed by atoms with Gasteiger partial charge in [-0.15, -0.1) is 0 Å². The van der Waals surface area contributed by atoms with E-state index >= 15 is 0 Å². The average molecular weight is 627 g/mol. The third-order valence-electron chi connectivity index (χ3n) is 7.68. The Bertz CT molecular complexity index is 1720. The number of rotatable bonds is 7. The first-order valence-corrected chi connectivity index (χ1v) is 14.5. The van der Waals surface area contributed by atoms with Crippen molar-refractivity contribution in [2.75, 3.05) is 20.3 Å². The number of carbonyl (C=O) groups excluding carboxylic acids is 2. The van der Waals surface area contributed by atoms with Crippen LogP contribution in [0.5, 0.6) is 11.5 Å². The fourth-order valence-corrected chi connectivity index (χ4v) is 5.65. The molecule has 0 saturated heterocycles. The van der Waals surface area contributed by atoms with Gasteiger partial charge in [0.2, 0.25) is 12.4 Å². The number of nitrogens with zero attached hydrogens (tertiary/aromatic N) is 3. The van der Waals surface area contributed by atoms with E-state index < -0.39 is 5.95 Å². The lowest BCUT2D eigenvalue weighted by atomic mass is 9.93. The van der Waals surface area contributed by atoms with Crippen LogP contribution in [0.3, 0.4) is 0 Å². The molecule has 43 heavy (non-hydrogen) atoms. The summed E-state index contributed by atoms with van der Waals surface area (Å²) in [5, 5.41) is 4.25. The van der Waals surface area contributed by atoms with Crippen LogP contribution < -0.4 is 20.5 Å². The van der Waals surface area contributed by atoms with Gasteiger partial charge in [-0.2, -0.15) is 4.39 Å². The number of carbonyl (C=O) groups is 2. The number of methoxy groups -OCH3 is 1. The Morgan fingerprint density at radius 2 is 2.00 bits per heavy atom. The summed E-state index contributed by atoms with van der Waals surface area (Å²) in [5.41, 5.74) is 8.71. The zero-order valence-corrected chi connectivity index (χ0v) is 25.3. The molecular formula is C31H30Cl2FN5O4. The lowest BCUT2D eigenvalue weighted by molar-refractivity contribution is -0.106. The predicted molar refractivity (Wildman–Crippen MR) is 162 cm³/mol. The summed E-state index contributed by atoms with van der Waals surface area (Å²) in [5.74, 6) is 0.610. The third kappa shape index (κ3) is 6.21. The van der Waals surface area contributed by atoms with Gasteiger partial charge in [0.05, 0.1) is 24.4 Å².